The van der Waals surface area contributed by atoms with Gasteiger partial charge in [-0.05, 0) is 44.2 Å². The van der Waals surface area contributed by atoms with Crippen molar-refractivity contribution in [3.63, 3.8) is 0 Å². The van der Waals surface area contributed by atoms with Gasteiger partial charge >= 0.3 is 6.03 Å². The number of benzene rings is 1. The van der Waals surface area contributed by atoms with Gasteiger partial charge in [0.05, 0.1) is 24.4 Å². The molecule has 27 heavy (non-hydrogen) atoms. The SMILES string of the molecule is O=C(Nc1ccccc1F)N[C@@H]1CC[C@@H](CCNC(=O)C2CC2)O[C@@H]1CO. The highest BCUT2D eigenvalue weighted by atomic mass is 19.1. The summed E-state index contributed by atoms with van der Waals surface area (Å²) in [6, 6.07) is 5.01. The van der Waals surface area contributed by atoms with Crippen LogP contribution in [0.1, 0.15) is 32.1 Å². The van der Waals surface area contributed by atoms with Gasteiger partial charge in [0.2, 0.25) is 5.91 Å². The van der Waals surface area contributed by atoms with Crippen LogP contribution >= 0.6 is 0 Å². The van der Waals surface area contributed by atoms with Crippen molar-refractivity contribution in [2.24, 2.45) is 5.92 Å². The third-order valence-corrected chi connectivity index (χ3v) is 4.95. The molecule has 1 aromatic carbocycles. The number of amides is 3. The molecule has 148 valence electrons. The smallest absolute Gasteiger partial charge is 0.319 e. The quantitative estimate of drug-likeness (QED) is 0.580. The molecule has 3 amide bonds. The molecule has 1 aromatic rings. The minimum absolute atomic E-state index is 0.0747. The van der Waals surface area contributed by atoms with Crippen molar-refractivity contribution >= 4 is 17.6 Å². The average molecular weight is 379 g/mol. The zero-order valence-corrected chi connectivity index (χ0v) is 15.1. The number of nitrogens with one attached hydrogen (secondary N) is 3. The van der Waals surface area contributed by atoms with Gasteiger partial charge in [-0.15, -0.1) is 0 Å². The van der Waals surface area contributed by atoms with Crippen molar-refractivity contribution in [3.8, 4) is 0 Å². The second kappa shape index (κ2) is 9.14. The van der Waals surface area contributed by atoms with Crippen LogP contribution in [0.3, 0.4) is 0 Å². The number of hydrogen-bond donors (Lipinski definition) is 4. The van der Waals surface area contributed by atoms with Crippen LogP contribution in [0.15, 0.2) is 24.3 Å². The van der Waals surface area contributed by atoms with E-state index < -0.39 is 18.0 Å². The predicted octanol–water partition coefficient (Wildman–Crippen LogP) is 1.77. The van der Waals surface area contributed by atoms with Crippen molar-refractivity contribution in [1.82, 2.24) is 10.6 Å². The van der Waals surface area contributed by atoms with E-state index in [0.29, 0.717) is 25.8 Å². The molecule has 4 N–H and O–H groups in total. The Morgan fingerprint density at radius 3 is 2.67 bits per heavy atom. The first-order chi connectivity index (χ1) is 13.1. The number of aliphatic hydroxyl groups excluding tert-OH is 1. The third-order valence-electron chi connectivity index (χ3n) is 4.95. The molecule has 0 radical (unpaired) electrons. The lowest BCUT2D eigenvalue weighted by Crippen LogP contribution is -2.52. The molecule has 1 heterocycles. The zero-order chi connectivity index (χ0) is 19.2. The zero-order valence-electron chi connectivity index (χ0n) is 15.1. The summed E-state index contributed by atoms with van der Waals surface area (Å²) in [7, 11) is 0. The predicted molar refractivity (Wildman–Crippen MR) is 97.7 cm³/mol. The van der Waals surface area contributed by atoms with E-state index in [9.17, 15) is 19.1 Å². The molecule has 2 fully saturated rings. The van der Waals surface area contributed by atoms with Crippen molar-refractivity contribution in [3.05, 3.63) is 30.1 Å². The van der Waals surface area contributed by atoms with E-state index in [2.05, 4.69) is 16.0 Å². The molecule has 3 rings (SSSR count). The third kappa shape index (κ3) is 5.64. The molecule has 1 aliphatic carbocycles. The fourth-order valence-corrected chi connectivity index (χ4v) is 3.24. The van der Waals surface area contributed by atoms with Crippen LogP contribution in [0.4, 0.5) is 14.9 Å². The number of ether oxygens (including phenoxy) is 1. The second-order valence-corrected chi connectivity index (χ2v) is 7.10. The highest BCUT2D eigenvalue weighted by molar-refractivity contribution is 5.89. The Morgan fingerprint density at radius 1 is 1.19 bits per heavy atom. The summed E-state index contributed by atoms with van der Waals surface area (Å²) in [6.45, 7) is 0.319. The number of urea groups is 1. The van der Waals surface area contributed by atoms with E-state index >= 15 is 0 Å². The lowest BCUT2D eigenvalue weighted by atomic mass is 9.97. The Labute approximate surface area is 157 Å². The van der Waals surface area contributed by atoms with Gasteiger partial charge in [-0.2, -0.15) is 0 Å². The first-order valence-electron chi connectivity index (χ1n) is 9.43. The van der Waals surface area contributed by atoms with E-state index in [1.807, 2.05) is 0 Å². The van der Waals surface area contributed by atoms with Crippen LogP contribution < -0.4 is 16.0 Å². The van der Waals surface area contributed by atoms with E-state index in [1.165, 1.54) is 12.1 Å². The van der Waals surface area contributed by atoms with Gasteiger partial charge in [0.1, 0.15) is 11.9 Å². The molecule has 0 unspecified atom stereocenters. The highest BCUT2D eigenvalue weighted by Crippen LogP contribution is 2.29. The largest absolute Gasteiger partial charge is 0.394 e. The molecule has 1 aliphatic heterocycles. The summed E-state index contributed by atoms with van der Waals surface area (Å²) >= 11 is 0. The van der Waals surface area contributed by atoms with Gasteiger partial charge in [0, 0.05) is 12.5 Å². The number of rotatable bonds is 7. The first-order valence-corrected chi connectivity index (χ1v) is 9.43. The highest BCUT2D eigenvalue weighted by Gasteiger charge is 2.33. The summed E-state index contributed by atoms with van der Waals surface area (Å²) in [5.41, 5.74) is 0.0940. The summed E-state index contributed by atoms with van der Waals surface area (Å²) in [5.74, 6) is -0.225. The summed E-state index contributed by atoms with van der Waals surface area (Å²) in [5, 5.41) is 17.7. The fourth-order valence-electron chi connectivity index (χ4n) is 3.24. The Hall–Kier alpha value is -2.19. The molecule has 0 aromatic heterocycles. The van der Waals surface area contributed by atoms with Crippen molar-refractivity contribution in [2.75, 3.05) is 18.5 Å². The number of anilines is 1. The molecule has 0 bridgehead atoms. The second-order valence-electron chi connectivity index (χ2n) is 7.10. The Kier molecular flexibility index (Phi) is 6.63. The minimum Gasteiger partial charge on any atom is -0.394 e. The maximum atomic E-state index is 13.6. The van der Waals surface area contributed by atoms with Gasteiger partial charge in [-0.3, -0.25) is 4.79 Å². The summed E-state index contributed by atoms with van der Waals surface area (Å²) in [4.78, 5) is 23.8. The van der Waals surface area contributed by atoms with Gasteiger partial charge < -0.3 is 25.8 Å². The molecule has 0 spiro atoms. The van der Waals surface area contributed by atoms with Gasteiger partial charge in [-0.1, -0.05) is 12.1 Å². The van der Waals surface area contributed by atoms with Gasteiger partial charge in [0.25, 0.3) is 0 Å². The fraction of sp³-hybridized carbons (Fsp3) is 0.579. The monoisotopic (exact) mass is 379 g/mol. The molecular weight excluding hydrogens is 353 g/mol. The number of hydrogen-bond acceptors (Lipinski definition) is 4. The average Bonchev–Trinajstić information content (AvgIpc) is 3.50. The molecular formula is C19H26FN3O4. The van der Waals surface area contributed by atoms with Crippen molar-refractivity contribution in [2.45, 2.75) is 50.4 Å². The minimum atomic E-state index is -0.540. The van der Waals surface area contributed by atoms with Crippen molar-refractivity contribution < 1.29 is 23.8 Å². The number of halogens is 1. The Morgan fingerprint density at radius 2 is 1.96 bits per heavy atom. The van der Waals surface area contributed by atoms with Gasteiger partial charge in [0.15, 0.2) is 0 Å². The maximum absolute atomic E-state index is 13.6. The molecule has 1 saturated heterocycles. The van der Waals surface area contributed by atoms with Crippen LogP contribution in [0, 0.1) is 11.7 Å². The molecule has 7 nitrogen and oxygen atoms in total. The maximum Gasteiger partial charge on any atom is 0.319 e. The Balaban J connectivity index is 1.43. The molecule has 8 heteroatoms. The topological polar surface area (TPSA) is 99.7 Å². The lowest BCUT2D eigenvalue weighted by molar-refractivity contribution is -0.122. The number of para-hydroxylation sites is 1. The van der Waals surface area contributed by atoms with Crippen LogP contribution in [-0.4, -0.2) is 48.4 Å². The molecule has 1 saturated carbocycles. The van der Waals surface area contributed by atoms with Crippen LogP contribution in [-0.2, 0) is 9.53 Å². The van der Waals surface area contributed by atoms with Crippen LogP contribution in [0.5, 0.6) is 0 Å². The van der Waals surface area contributed by atoms with Crippen LogP contribution in [0.25, 0.3) is 0 Å². The van der Waals surface area contributed by atoms with Gasteiger partial charge in [-0.25, -0.2) is 9.18 Å². The first kappa shape index (κ1) is 19.6. The van der Waals surface area contributed by atoms with Crippen molar-refractivity contribution in [1.29, 1.82) is 0 Å². The van der Waals surface area contributed by atoms with Crippen LogP contribution in [0.2, 0.25) is 0 Å². The van der Waals surface area contributed by atoms with E-state index in [1.54, 1.807) is 12.1 Å². The number of aliphatic hydroxyl groups is 1. The molecule has 3 atom stereocenters. The van der Waals surface area contributed by atoms with E-state index in [4.69, 9.17) is 4.74 Å². The summed E-state index contributed by atoms with van der Waals surface area (Å²) < 4.78 is 19.5. The Bertz CT molecular complexity index is 668. The normalized spacial score (nSPS) is 24.9. The van der Waals surface area contributed by atoms with E-state index in [0.717, 1.165) is 12.8 Å². The number of carbonyl (C=O) groups excluding carboxylic acids is 2. The standard InChI is InChI=1S/C19H26FN3O4/c20-14-3-1-2-4-15(14)22-19(26)23-16-8-7-13(27-17(16)11-24)9-10-21-18(25)12-5-6-12/h1-4,12-13,16-17,24H,5-11H2,(H,21,25)(H2,22,23,26)/t13-,16+,17+/m0/s1. The lowest BCUT2D eigenvalue weighted by Gasteiger charge is -2.36. The number of carbonyl (C=O) groups is 2. The summed E-state index contributed by atoms with van der Waals surface area (Å²) in [6.07, 6.45) is 3.35. The van der Waals surface area contributed by atoms with E-state index in [-0.39, 0.29) is 36.3 Å². The molecule has 2 aliphatic rings.